The summed E-state index contributed by atoms with van der Waals surface area (Å²) in [5, 5.41) is 11.1. The van der Waals surface area contributed by atoms with Crippen LogP contribution in [0, 0.1) is 0 Å². The SMILES string of the molecule is CCN(CC)CCN1C(=O)C(=O)/C(=C(/O)c2ccc(Br)cc2)[C@@H]1c1ccc(OC)c(OC)c1. The molecule has 2 aromatic rings. The summed E-state index contributed by atoms with van der Waals surface area (Å²) < 4.78 is 11.6. The van der Waals surface area contributed by atoms with Crippen LogP contribution in [0.15, 0.2) is 52.5 Å². The normalized spacial score (nSPS) is 17.6. The van der Waals surface area contributed by atoms with Gasteiger partial charge in [-0.25, -0.2) is 0 Å². The molecule has 1 aliphatic rings. The van der Waals surface area contributed by atoms with Gasteiger partial charge in [-0.1, -0.05) is 48.0 Å². The molecule has 1 amide bonds. The number of ether oxygens (including phenoxy) is 2. The average Bonchev–Trinajstić information content (AvgIpc) is 3.09. The number of carbonyl (C=O) groups is 2. The van der Waals surface area contributed by atoms with E-state index < -0.39 is 17.7 Å². The smallest absolute Gasteiger partial charge is 0.295 e. The van der Waals surface area contributed by atoms with Gasteiger partial charge in [-0.3, -0.25) is 9.59 Å². The second-order valence-electron chi connectivity index (χ2n) is 7.64. The van der Waals surface area contributed by atoms with Gasteiger partial charge in [0.2, 0.25) is 0 Å². The minimum Gasteiger partial charge on any atom is -0.507 e. The Morgan fingerprint density at radius 3 is 2.24 bits per heavy atom. The van der Waals surface area contributed by atoms with Crippen molar-refractivity contribution in [3.05, 3.63) is 63.6 Å². The second-order valence-corrected chi connectivity index (χ2v) is 8.56. The zero-order chi connectivity index (χ0) is 24.1. The number of Topliss-reactive ketones (excluding diaryl/α,β-unsaturated/α-hetero) is 1. The monoisotopic (exact) mass is 516 g/mol. The third kappa shape index (κ3) is 5.07. The number of likely N-dealkylation sites (N-methyl/N-ethyl adjacent to an activating group) is 1. The van der Waals surface area contributed by atoms with Crippen LogP contribution in [0.1, 0.15) is 31.0 Å². The van der Waals surface area contributed by atoms with Crippen molar-refractivity contribution >= 4 is 33.4 Å². The van der Waals surface area contributed by atoms with Gasteiger partial charge in [0.05, 0.1) is 25.8 Å². The fraction of sp³-hybridized carbons (Fsp3) is 0.360. The number of halogens is 1. The van der Waals surface area contributed by atoms with Gasteiger partial charge in [-0.15, -0.1) is 0 Å². The van der Waals surface area contributed by atoms with Crippen molar-refractivity contribution in [2.45, 2.75) is 19.9 Å². The Kier molecular flexibility index (Phi) is 8.15. The highest BCUT2D eigenvalue weighted by Crippen LogP contribution is 2.41. The first-order chi connectivity index (χ1) is 15.9. The van der Waals surface area contributed by atoms with Crippen LogP contribution in [-0.2, 0) is 9.59 Å². The Labute approximate surface area is 202 Å². The lowest BCUT2D eigenvalue weighted by Crippen LogP contribution is -2.38. The summed E-state index contributed by atoms with van der Waals surface area (Å²) in [4.78, 5) is 30.0. The quantitative estimate of drug-likeness (QED) is 0.305. The number of hydrogen-bond donors (Lipinski definition) is 1. The van der Waals surface area contributed by atoms with Crippen molar-refractivity contribution in [2.24, 2.45) is 0 Å². The summed E-state index contributed by atoms with van der Waals surface area (Å²) in [7, 11) is 3.07. The predicted octanol–water partition coefficient (Wildman–Crippen LogP) is 4.23. The number of methoxy groups -OCH3 is 2. The molecule has 1 N–H and O–H groups in total. The Morgan fingerprint density at radius 2 is 1.67 bits per heavy atom. The molecule has 8 heteroatoms. The van der Waals surface area contributed by atoms with E-state index in [-0.39, 0.29) is 11.3 Å². The molecule has 2 aromatic carbocycles. The summed E-state index contributed by atoms with van der Waals surface area (Å²) in [6.07, 6.45) is 0. The molecule has 0 radical (unpaired) electrons. The third-order valence-electron chi connectivity index (χ3n) is 5.93. The highest BCUT2D eigenvalue weighted by atomic mass is 79.9. The maximum Gasteiger partial charge on any atom is 0.295 e. The number of likely N-dealkylation sites (tertiary alicyclic amines) is 1. The van der Waals surface area contributed by atoms with Crippen LogP contribution in [0.4, 0.5) is 0 Å². The van der Waals surface area contributed by atoms with E-state index in [1.807, 2.05) is 0 Å². The first-order valence-electron chi connectivity index (χ1n) is 10.8. The van der Waals surface area contributed by atoms with E-state index in [0.29, 0.717) is 35.7 Å². The lowest BCUT2D eigenvalue weighted by molar-refractivity contribution is -0.140. The number of benzene rings is 2. The molecule has 0 saturated carbocycles. The van der Waals surface area contributed by atoms with E-state index in [1.165, 1.54) is 12.0 Å². The van der Waals surface area contributed by atoms with Gasteiger partial charge in [-0.05, 0) is 42.9 Å². The van der Waals surface area contributed by atoms with Crippen molar-refractivity contribution in [3.63, 3.8) is 0 Å². The van der Waals surface area contributed by atoms with E-state index >= 15 is 0 Å². The molecule has 0 bridgehead atoms. The average molecular weight is 517 g/mol. The molecule has 1 heterocycles. The number of hydrogen-bond acceptors (Lipinski definition) is 6. The number of rotatable bonds is 9. The second kappa shape index (κ2) is 10.9. The zero-order valence-corrected chi connectivity index (χ0v) is 20.9. The summed E-state index contributed by atoms with van der Waals surface area (Å²) in [6.45, 7) is 6.74. The molecular formula is C25H29BrN2O5. The molecule has 1 atom stereocenters. The zero-order valence-electron chi connectivity index (χ0n) is 19.3. The van der Waals surface area contributed by atoms with E-state index in [0.717, 1.165) is 17.6 Å². The van der Waals surface area contributed by atoms with Crippen molar-refractivity contribution in [2.75, 3.05) is 40.4 Å². The molecule has 0 aromatic heterocycles. The number of aliphatic hydroxyl groups is 1. The fourth-order valence-electron chi connectivity index (χ4n) is 4.03. The minimum atomic E-state index is -0.746. The Balaban J connectivity index is 2.14. The number of amides is 1. The summed E-state index contributed by atoms with van der Waals surface area (Å²) >= 11 is 3.38. The summed E-state index contributed by atoms with van der Waals surface area (Å²) in [6, 6.07) is 11.5. The van der Waals surface area contributed by atoms with Crippen LogP contribution in [0.25, 0.3) is 5.76 Å². The molecule has 1 aliphatic heterocycles. The summed E-state index contributed by atoms with van der Waals surface area (Å²) in [5.41, 5.74) is 1.18. The standard InChI is InChI=1S/C25H29BrN2O5/c1-5-27(6-2)13-14-28-22(17-9-12-19(32-3)20(15-17)33-4)21(24(30)25(28)31)23(29)16-7-10-18(26)11-8-16/h7-12,15,22,29H,5-6,13-14H2,1-4H3/b23-21+/t22-/m0/s1. The number of aliphatic hydroxyl groups excluding tert-OH is 1. The van der Waals surface area contributed by atoms with Gasteiger partial charge in [0.1, 0.15) is 5.76 Å². The lowest BCUT2D eigenvalue weighted by Gasteiger charge is -2.28. The maximum atomic E-state index is 13.2. The van der Waals surface area contributed by atoms with Gasteiger partial charge >= 0.3 is 0 Å². The molecule has 176 valence electrons. The topological polar surface area (TPSA) is 79.3 Å². The molecule has 7 nitrogen and oxygen atoms in total. The molecule has 1 fully saturated rings. The summed E-state index contributed by atoms with van der Waals surface area (Å²) in [5.74, 6) is -0.511. The lowest BCUT2D eigenvalue weighted by atomic mass is 9.95. The van der Waals surface area contributed by atoms with Gasteiger partial charge in [0.25, 0.3) is 11.7 Å². The first kappa shape index (κ1) is 24.8. The predicted molar refractivity (Wildman–Crippen MR) is 130 cm³/mol. The number of nitrogens with zero attached hydrogens (tertiary/aromatic N) is 2. The van der Waals surface area contributed by atoms with Crippen LogP contribution >= 0.6 is 15.9 Å². The number of carbonyl (C=O) groups excluding carboxylic acids is 2. The molecule has 3 rings (SSSR count). The van der Waals surface area contributed by atoms with E-state index in [4.69, 9.17) is 9.47 Å². The van der Waals surface area contributed by atoms with Crippen LogP contribution in [0.3, 0.4) is 0 Å². The minimum absolute atomic E-state index is 0.0640. The molecule has 1 saturated heterocycles. The van der Waals surface area contributed by atoms with Gasteiger partial charge < -0.3 is 24.4 Å². The molecule has 33 heavy (non-hydrogen) atoms. The third-order valence-corrected chi connectivity index (χ3v) is 6.46. The molecule has 0 unspecified atom stereocenters. The Hall–Kier alpha value is -2.84. The number of ketones is 1. The fourth-order valence-corrected chi connectivity index (χ4v) is 4.30. The van der Waals surface area contributed by atoms with Gasteiger partial charge in [0, 0.05) is 23.1 Å². The van der Waals surface area contributed by atoms with Crippen molar-refractivity contribution in [1.29, 1.82) is 0 Å². The first-order valence-corrected chi connectivity index (χ1v) is 11.6. The molecule has 0 spiro atoms. The van der Waals surface area contributed by atoms with E-state index in [2.05, 4.69) is 34.7 Å². The van der Waals surface area contributed by atoms with E-state index in [1.54, 1.807) is 49.6 Å². The Bertz CT molecular complexity index is 1050. The highest BCUT2D eigenvalue weighted by molar-refractivity contribution is 9.10. The van der Waals surface area contributed by atoms with Gasteiger partial charge in [0.15, 0.2) is 11.5 Å². The maximum absolute atomic E-state index is 13.2. The van der Waals surface area contributed by atoms with Crippen LogP contribution in [0.2, 0.25) is 0 Å². The molecule has 0 aliphatic carbocycles. The van der Waals surface area contributed by atoms with Crippen LogP contribution < -0.4 is 9.47 Å². The van der Waals surface area contributed by atoms with Crippen LogP contribution in [0.5, 0.6) is 11.5 Å². The largest absolute Gasteiger partial charge is 0.507 e. The van der Waals surface area contributed by atoms with Crippen LogP contribution in [-0.4, -0.2) is 67.0 Å². The Morgan fingerprint density at radius 1 is 1.03 bits per heavy atom. The molecular weight excluding hydrogens is 488 g/mol. The van der Waals surface area contributed by atoms with Crippen molar-refractivity contribution in [1.82, 2.24) is 9.80 Å². The highest BCUT2D eigenvalue weighted by Gasteiger charge is 2.46. The van der Waals surface area contributed by atoms with E-state index in [9.17, 15) is 14.7 Å². The van der Waals surface area contributed by atoms with Crippen molar-refractivity contribution in [3.8, 4) is 11.5 Å². The van der Waals surface area contributed by atoms with Gasteiger partial charge in [-0.2, -0.15) is 0 Å². The van der Waals surface area contributed by atoms with Crippen molar-refractivity contribution < 1.29 is 24.2 Å².